The van der Waals surface area contributed by atoms with Crippen LogP contribution in [0.3, 0.4) is 0 Å². The molecule has 8 nitrogen and oxygen atoms in total. The summed E-state index contributed by atoms with van der Waals surface area (Å²) in [5, 5.41) is 21.1. The molecule has 4 aliphatic rings. The minimum Gasteiger partial charge on any atom is -0.321 e. The summed E-state index contributed by atoms with van der Waals surface area (Å²) in [6, 6.07) is 12.2. The molecule has 41 heavy (non-hydrogen) atoms. The highest BCUT2D eigenvalue weighted by Gasteiger charge is 2.47. The number of rotatable bonds is 8. The molecule has 0 saturated heterocycles. The van der Waals surface area contributed by atoms with E-state index in [-0.39, 0.29) is 36.1 Å². The molecular formula is C31H33F2N7O. The van der Waals surface area contributed by atoms with Gasteiger partial charge >= 0.3 is 0 Å². The normalized spacial score (nSPS) is 26.6. The van der Waals surface area contributed by atoms with Crippen molar-refractivity contribution in [3.8, 4) is 6.07 Å². The number of nitrogens with zero attached hydrogens (tertiary/aromatic N) is 6. The fourth-order valence-corrected chi connectivity index (χ4v) is 6.98. The Morgan fingerprint density at radius 3 is 2.68 bits per heavy atom. The number of fused-ring (bicyclic) bond motifs is 1. The predicted molar refractivity (Wildman–Crippen MR) is 147 cm³/mol. The molecule has 3 aliphatic carbocycles. The van der Waals surface area contributed by atoms with Crippen molar-refractivity contribution in [2.45, 2.75) is 87.8 Å². The molecule has 3 aromatic rings. The Morgan fingerprint density at radius 1 is 1.17 bits per heavy atom. The lowest BCUT2D eigenvalue weighted by Crippen LogP contribution is -2.43. The van der Waals surface area contributed by atoms with Crippen LogP contribution in [0, 0.1) is 17.2 Å². The number of hydrogen-bond acceptors (Lipinski definition) is 6. The molecule has 3 saturated carbocycles. The summed E-state index contributed by atoms with van der Waals surface area (Å²) < 4.78 is 29.3. The van der Waals surface area contributed by atoms with Crippen molar-refractivity contribution in [3.63, 3.8) is 0 Å². The van der Waals surface area contributed by atoms with E-state index in [9.17, 15) is 18.8 Å². The van der Waals surface area contributed by atoms with Gasteiger partial charge in [-0.05, 0) is 55.9 Å². The minimum atomic E-state index is -2.60. The summed E-state index contributed by atoms with van der Waals surface area (Å²) in [6.07, 6.45) is 6.18. The topological polar surface area (TPSA) is 99.7 Å². The number of aromatic nitrogens is 4. The highest BCUT2D eigenvalue weighted by atomic mass is 19.3. The number of benzene rings is 1. The smallest absolute Gasteiger partial charge is 0.259 e. The molecule has 0 spiro atoms. The van der Waals surface area contributed by atoms with Crippen LogP contribution in [0.15, 0.2) is 36.7 Å². The fourth-order valence-electron chi connectivity index (χ4n) is 6.98. The van der Waals surface area contributed by atoms with Gasteiger partial charge in [-0.25, -0.2) is 8.78 Å². The first kappa shape index (κ1) is 26.2. The Bertz CT molecular complexity index is 1550. The molecule has 1 N–H and O–H groups in total. The third kappa shape index (κ3) is 4.80. The van der Waals surface area contributed by atoms with Crippen molar-refractivity contribution in [2.24, 2.45) is 13.0 Å². The number of carbonyl (C=O) groups excluding carboxylic acids is 1. The van der Waals surface area contributed by atoms with Crippen LogP contribution in [0.25, 0.3) is 0 Å². The summed E-state index contributed by atoms with van der Waals surface area (Å²) >= 11 is 0. The van der Waals surface area contributed by atoms with Gasteiger partial charge in [-0.2, -0.15) is 5.26 Å². The van der Waals surface area contributed by atoms with Crippen LogP contribution in [0.1, 0.15) is 89.6 Å². The van der Waals surface area contributed by atoms with Gasteiger partial charge < -0.3 is 14.8 Å². The fraction of sp³-hybridized carbons (Fsp3) is 0.516. The van der Waals surface area contributed by atoms with Crippen LogP contribution < -0.4 is 10.2 Å². The maximum Gasteiger partial charge on any atom is 0.259 e. The maximum absolute atomic E-state index is 13.8. The quantitative estimate of drug-likeness (QED) is 0.421. The molecule has 3 heterocycles. The van der Waals surface area contributed by atoms with Gasteiger partial charge in [0.25, 0.3) is 5.91 Å². The molecule has 3 fully saturated rings. The first-order valence-corrected chi connectivity index (χ1v) is 14.5. The number of nitriles is 1. The first-order chi connectivity index (χ1) is 19.7. The Labute approximate surface area is 237 Å². The van der Waals surface area contributed by atoms with Crippen LogP contribution >= 0.6 is 0 Å². The Morgan fingerprint density at radius 2 is 2.00 bits per heavy atom. The lowest BCUT2D eigenvalue weighted by molar-refractivity contribution is 0.00685. The number of anilines is 1. The molecule has 1 unspecified atom stereocenters. The Hall–Kier alpha value is -3.71. The zero-order valence-corrected chi connectivity index (χ0v) is 23.1. The number of halogens is 2. The molecule has 1 aliphatic heterocycles. The summed E-state index contributed by atoms with van der Waals surface area (Å²) in [5.74, 6) is -1.43. The van der Waals surface area contributed by atoms with Gasteiger partial charge in [0, 0.05) is 78.7 Å². The molecule has 1 aromatic carbocycles. The third-order valence-corrected chi connectivity index (χ3v) is 9.47. The van der Waals surface area contributed by atoms with E-state index in [1.165, 1.54) is 0 Å². The van der Waals surface area contributed by atoms with E-state index in [0.29, 0.717) is 37.4 Å². The van der Waals surface area contributed by atoms with Gasteiger partial charge in [0.1, 0.15) is 12.2 Å². The van der Waals surface area contributed by atoms with Crippen molar-refractivity contribution >= 4 is 11.6 Å². The molecule has 1 atom stereocenters. The molecule has 2 aromatic heterocycles. The molecular weight excluding hydrogens is 524 g/mol. The average Bonchev–Trinajstić information content (AvgIpc) is 3.50. The van der Waals surface area contributed by atoms with Gasteiger partial charge in [-0.1, -0.05) is 12.1 Å². The standard InChI is InChI=1S/C31H33F2N7O/c1-39-18-36-38-27(39)14-30(11-19(12-30)15-34)21-3-2-4-24(9-21)40-17-26-25(29(40)41)10-23(37-28(26)20-5-6-20)16-35-22-7-8-31(32,33)13-22/h2-4,9-10,18-20,22,35H,5-8,11-14,16-17H2,1H3/t19-,22?,30-. The van der Waals surface area contributed by atoms with Crippen molar-refractivity contribution in [3.05, 3.63) is 70.6 Å². The lowest BCUT2D eigenvalue weighted by atomic mass is 9.57. The SMILES string of the molecule is Cn1cnnc1C[C@]1(c2cccc(N3Cc4c(cc(CNC5CCC(F)(F)C5)nc4C4CC4)C3=O)c2)C[C@H](C#N)C1. The number of pyridine rings is 1. The van der Waals surface area contributed by atoms with Gasteiger partial charge in [-0.3, -0.25) is 9.78 Å². The number of carbonyl (C=O) groups is 1. The van der Waals surface area contributed by atoms with Crippen LogP contribution in [-0.4, -0.2) is 37.6 Å². The summed E-state index contributed by atoms with van der Waals surface area (Å²) in [4.78, 5) is 20.6. The van der Waals surface area contributed by atoms with Crippen LogP contribution in [0.4, 0.5) is 14.5 Å². The summed E-state index contributed by atoms with van der Waals surface area (Å²) in [5.41, 5.74) is 5.08. The van der Waals surface area contributed by atoms with Crippen molar-refractivity contribution in [2.75, 3.05) is 4.90 Å². The highest BCUT2D eigenvalue weighted by molar-refractivity contribution is 6.10. The number of alkyl halides is 2. The zero-order valence-electron chi connectivity index (χ0n) is 23.1. The Balaban J connectivity index is 1.15. The monoisotopic (exact) mass is 557 g/mol. The summed E-state index contributed by atoms with van der Waals surface area (Å²) in [7, 11) is 1.93. The zero-order chi connectivity index (χ0) is 28.4. The molecule has 1 amide bonds. The second-order valence-corrected chi connectivity index (χ2v) is 12.5. The van der Waals surface area contributed by atoms with E-state index in [1.54, 1.807) is 6.33 Å². The van der Waals surface area contributed by atoms with Gasteiger partial charge in [0.05, 0.1) is 18.3 Å². The first-order valence-electron chi connectivity index (χ1n) is 14.5. The number of nitrogens with one attached hydrogen (secondary N) is 1. The van der Waals surface area contributed by atoms with E-state index < -0.39 is 5.92 Å². The Kier molecular flexibility index (Phi) is 6.19. The van der Waals surface area contributed by atoms with Crippen molar-refractivity contribution < 1.29 is 13.6 Å². The summed E-state index contributed by atoms with van der Waals surface area (Å²) in [6.45, 7) is 0.844. The van der Waals surface area contributed by atoms with E-state index in [4.69, 9.17) is 4.98 Å². The maximum atomic E-state index is 13.8. The lowest BCUT2D eigenvalue weighted by Gasteiger charge is -2.45. The largest absolute Gasteiger partial charge is 0.321 e. The number of hydrogen-bond donors (Lipinski definition) is 1. The second kappa shape index (κ2) is 9.69. The van der Waals surface area contributed by atoms with Gasteiger partial charge in [-0.15, -0.1) is 10.2 Å². The predicted octanol–water partition coefficient (Wildman–Crippen LogP) is 4.94. The van der Waals surface area contributed by atoms with E-state index >= 15 is 0 Å². The molecule has 7 rings (SSSR count). The van der Waals surface area contributed by atoms with Crippen LogP contribution in [0.2, 0.25) is 0 Å². The molecule has 10 heteroatoms. The molecule has 0 bridgehead atoms. The van der Waals surface area contributed by atoms with Crippen molar-refractivity contribution in [1.29, 1.82) is 5.26 Å². The highest BCUT2D eigenvalue weighted by Crippen LogP contribution is 2.50. The van der Waals surface area contributed by atoms with Gasteiger partial charge in [0.2, 0.25) is 5.92 Å². The van der Waals surface area contributed by atoms with Crippen molar-refractivity contribution in [1.82, 2.24) is 25.1 Å². The second-order valence-electron chi connectivity index (χ2n) is 12.5. The van der Waals surface area contributed by atoms with E-state index in [2.05, 4.69) is 33.7 Å². The van der Waals surface area contributed by atoms with Gasteiger partial charge in [0.15, 0.2) is 0 Å². The van der Waals surface area contributed by atoms with E-state index in [1.807, 2.05) is 34.7 Å². The van der Waals surface area contributed by atoms with Crippen LogP contribution in [-0.2, 0) is 32.0 Å². The molecule has 0 radical (unpaired) electrons. The third-order valence-electron chi connectivity index (χ3n) is 9.47. The molecule has 212 valence electrons. The average molecular weight is 558 g/mol. The minimum absolute atomic E-state index is 0.000720. The van der Waals surface area contributed by atoms with Crippen LogP contribution in [0.5, 0.6) is 0 Å². The van der Waals surface area contributed by atoms with E-state index in [0.717, 1.165) is 59.7 Å². The number of aryl methyl sites for hydroxylation is 1. The number of amides is 1.